The van der Waals surface area contributed by atoms with Gasteiger partial charge < -0.3 is 15.0 Å². The van der Waals surface area contributed by atoms with Gasteiger partial charge in [0.1, 0.15) is 11.8 Å². The van der Waals surface area contributed by atoms with E-state index in [1.54, 1.807) is 49.4 Å². The number of nitrogens with one attached hydrogen (secondary N) is 1. The molecule has 5 nitrogen and oxygen atoms in total. The van der Waals surface area contributed by atoms with E-state index < -0.39 is 6.04 Å². The lowest BCUT2D eigenvalue weighted by atomic mass is 10.1. The fourth-order valence-corrected chi connectivity index (χ4v) is 3.07. The van der Waals surface area contributed by atoms with Crippen molar-refractivity contribution in [3.8, 4) is 5.75 Å². The molecule has 0 radical (unpaired) electrons. The summed E-state index contributed by atoms with van der Waals surface area (Å²) in [5.74, 6) is -0.284. The van der Waals surface area contributed by atoms with Crippen LogP contribution < -0.4 is 10.1 Å². The van der Waals surface area contributed by atoms with Gasteiger partial charge in [0.2, 0.25) is 5.91 Å². The standard InChI is InChI=1S/C19H19Cl3N2O3/c1-12(19(26)23-2)24(10-13-7-8-14(20)9-16(13)22)18(25)11-27-17-6-4-3-5-15(17)21/h3-9,12H,10-11H2,1-2H3,(H,23,26)/t12-/m1/s1. The van der Waals surface area contributed by atoms with Crippen LogP contribution in [-0.4, -0.2) is 36.4 Å². The summed E-state index contributed by atoms with van der Waals surface area (Å²) in [4.78, 5) is 26.3. The highest BCUT2D eigenvalue weighted by Crippen LogP contribution is 2.25. The third-order valence-electron chi connectivity index (χ3n) is 3.96. The summed E-state index contributed by atoms with van der Waals surface area (Å²) in [5, 5.41) is 3.85. The van der Waals surface area contributed by atoms with Crippen molar-refractivity contribution < 1.29 is 14.3 Å². The molecule has 27 heavy (non-hydrogen) atoms. The zero-order chi connectivity index (χ0) is 20.0. The van der Waals surface area contributed by atoms with Gasteiger partial charge in [0.15, 0.2) is 6.61 Å². The molecule has 1 atom stereocenters. The maximum absolute atomic E-state index is 12.8. The van der Waals surface area contributed by atoms with Crippen molar-refractivity contribution in [2.75, 3.05) is 13.7 Å². The van der Waals surface area contributed by atoms with Crippen LogP contribution in [0.25, 0.3) is 0 Å². The van der Waals surface area contributed by atoms with E-state index in [0.717, 1.165) is 0 Å². The van der Waals surface area contributed by atoms with Crippen LogP contribution in [0.1, 0.15) is 12.5 Å². The molecule has 0 saturated heterocycles. The Kier molecular flexibility index (Phi) is 7.78. The lowest BCUT2D eigenvalue weighted by molar-refractivity contribution is -0.142. The number of hydrogen-bond donors (Lipinski definition) is 1. The van der Waals surface area contributed by atoms with Crippen molar-refractivity contribution in [1.82, 2.24) is 10.2 Å². The van der Waals surface area contributed by atoms with Gasteiger partial charge in [-0.05, 0) is 36.8 Å². The Hall–Kier alpha value is -1.95. The molecule has 0 aliphatic rings. The van der Waals surface area contributed by atoms with Gasteiger partial charge >= 0.3 is 0 Å². The molecule has 0 heterocycles. The fraction of sp³-hybridized carbons (Fsp3) is 0.263. The van der Waals surface area contributed by atoms with Crippen LogP contribution >= 0.6 is 34.8 Å². The molecule has 0 aromatic heterocycles. The lowest BCUT2D eigenvalue weighted by Gasteiger charge is -2.28. The normalized spacial score (nSPS) is 11.6. The fourth-order valence-electron chi connectivity index (χ4n) is 2.41. The highest BCUT2D eigenvalue weighted by molar-refractivity contribution is 6.35. The monoisotopic (exact) mass is 428 g/mol. The smallest absolute Gasteiger partial charge is 0.261 e. The van der Waals surface area contributed by atoms with E-state index in [2.05, 4.69) is 5.32 Å². The second-order valence-electron chi connectivity index (χ2n) is 5.77. The number of para-hydroxylation sites is 1. The molecule has 2 aromatic carbocycles. The molecule has 0 unspecified atom stereocenters. The minimum Gasteiger partial charge on any atom is -0.482 e. The summed E-state index contributed by atoms with van der Waals surface area (Å²) >= 11 is 18.2. The van der Waals surface area contributed by atoms with Gasteiger partial charge in [-0.2, -0.15) is 0 Å². The Morgan fingerprint density at radius 2 is 1.81 bits per heavy atom. The number of halogens is 3. The number of rotatable bonds is 7. The van der Waals surface area contributed by atoms with Crippen LogP contribution in [0.4, 0.5) is 0 Å². The van der Waals surface area contributed by atoms with Crippen LogP contribution in [0.2, 0.25) is 15.1 Å². The summed E-state index contributed by atoms with van der Waals surface area (Å²) in [6, 6.07) is 11.1. The maximum Gasteiger partial charge on any atom is 0.261 e. The number of nitrogens with zero attached hydrogens (tertiary/aromatic N) is 1. The number of carbonyl (C=O) groups is 2. The van der Waals surface area contributed by atoms with Crippen molar-refractivity contribution in [2.24, 2.45) is 0 Å². The molecule has 2 amide bonds. The second kappa shape index (κ2) is 9.83. The molecule has 0 spiro atoms. The molecule has 1 N–H and O–H groups in total. The van der Waals surface area contributed by atoms with Crippen LogP contribution in [0.15, 0.2) is 42.5 Å². The van der Waals surface area contributed by atoms with E-state index in [1.807, 2.05) is 0 Å². The van der Waals surface area contributed by atoms with E-state index in [9.17, 15) is 9.59 Å². The quantitative estimate of drug-likeness (QED) is 0.718. The van der Waals surface area contributed by atoms with E-state index in [4.69, 9.17) is 39.5 Å². The first-order valence-electron chi connectivity index (χ1n) is 8.15. The lowest BCUT2D eigenvalue weighted by Crippen LogP contribution is -2.48. The molecule has 2 rings (SSSR count). The molecule has 0 aliphatic carbocycles. The first kappa shape index (κ1) is 21.4. The van der Waals surface area contributed by atoms with Gasteiger partial charge in [0.05, 0.1) is 5.02 Å². The summed E-state index contributed by atoms with van der Waals surface area (Å²) < 4.78 is 5.52. The topological polar surface area (TPSA) is 58.6 Å². The molecular formula is C19H19Cl3N2O3. The Labute approximate surface area is 173 Å². The molecular weight excluding hydrogens is 411 g/mol. The molecule has 0 saturated carbocycles. The van der Waals surface area contributed by atoms with Crippen LogP contribution in [0, 0.1) is 0 Å². The molecule has 0 fully saturated rings. The van der Waals surface area contributed by atoms with Gasteiger partial charge in [-0.3, -0.25) is 9.59 Å². The van der Waals surface area contributed by atoms with Crippen molar-refractivity contribution in [1.29, 1.82) is 0 Å². The van der Waals surface area contributed by atoms with Crippen LogP contribution in [0.3, 0.4) is 0 Å². The Morgan fingerprint density at radius 3 is 2.44 bits per heavy atom. The van der Waals surface area contributed by atoms with Gasteiger partial charge in [-0.1, -0.05) is 53.0 Å². The third kappa shape index (κ3) is 5.76. The highest BCUT2D eigenvalue weighted by Gasteiger charge is 2.26. The first-order chi connectivity index (χ1) is 12.8. The van der Waals surface area contributed by atoms with Crippen LogP contribution in [-0.2, 0) is 16.1 Å². The second-order valence-corrected chi connectivity index (χ2v) is 7.02. The molecule has 0 aliphatic heterocycles. The number of likely N-dealkylation sites (N-methyl/N-ethyl adjacent to an activating group) is 1. The largest absolute Gasteiger partial charge is 0.482 e. The zero-order valence-electron chi connectivity index (χ0n) is 14.8. The first-order valence-corrected chi connectivity index (χ1v) is 9.29. The number of ether oxygens (including phenoxy) is 1. The molecule has 2 aromatic rings. The molecule has 8 heteroatoms. The minimum absolute atomic E-state index is 0.134. The van der Waals surface area contributed by atoms with E-state index in [-0.39, 0.29) is 25.0 Å². The summed E-state index contributed by atoms with van der Waals surface area (Å²) in [6.45, 7) is 1.50. The predicted molar refractivity (Wildman–Crippen MR) is 107 cm³/mol. The number of benzene rings is 2. The minimum atomic E-state index is -0.718. The van der Waals surface area contributed by atoms with E-state index >= 15 is 0 Å². The van der Waals surface area contributed by atoms with Gasteiger partial charge in [-0.25, -0.2) is 0 Å². The maximum atomic E-state index is 12.8. The van der Waals surface area contributed by atoms with Gasteiger partial charge in [0.25, 0.3) is 5.91 Å². The summed E-state index contributed by atoms with van der Waals surface area (Å²) in [6.07, 6.45) is 0. The summed E-state index contributed by atoms with van der Waals surface area (Å²) in [5.41, 5.74) is 0.669. The average Bonchev–Trinajstić information content (AvgIpc) is 2.65. The number of hydrogen-bond acceptors (Lipinski definition) is 3. The van der Waals surface area contributed by atoms with Crippen LogP contribution in [0.5, 0.6) is 5.75 Å². The third-order valence-corrected chi connectivity index (χ3v) is 4.86. The van der Waals surface area contributed by atoms with E-state index in [0.29, 0.717) is 26.4 Å². The Balaban J connectivity index is 2.19. The summed E-state index contributed by atoms with van der Waals surface area (Å²) in [7, 11) is 1.51. The Morgan fingerprint density at radius 1 is 1.11 bits per heavy atom. The van der Waals surface area contributed by atoms with Gasteiger partial charge in [0, 0.05) is 23.6 Å². The number of amides is 2. The highest BCUT2D eigenvalue weighted by atomic mass is 35.5. The van der Waals surface area contributed by atoms with Crippen molar-refractivity contribution >= 4 is 46.6 Å². The number of carbonyl (C=O) groups excluding carboxylic acids is 2. The Bertz CT molecular complexity index is 830. The average molecular weight is 430 g/mol. The van der Waals surface area contributed by atoms with Gasteiger partial charge in [-0.15, -0.1) is 0 Å². The molecule has 144 valence electrons. The van der Waals surface area contributed by atoms with Crippen molar-refractivity contribution in [2.45, 2.75) is 19.5 Å². The SMILES string of the molecule is CNC(=O)[C@@H](C)N(Cc1ccc(Cl)cc1Cl)C(=O)COc1ccccc1Cl. The van der Waals surface area contributed by atoms with Crippen molar-refractivity contribution in [3.05, 3.63) is 63.1 Å². The van der Waals surface area contributed by atoms with Crippen molar-refractivity contribution in [3.63, 3.8) is 0 Å². The zero-order valence-corrected chi connectivity index (χ0v) is 17.1. The van der Waals surface area contributed by atoms with E-state index in [1.165, 1.54) is 11.9 Å². The predicted octanol–water partition coefficient (Wildman–Crippen LogP) is 4.19. The molecule has 0 bridgehead atoms.